The van der Waals surface area contributed by atoms with Gasteiger partial charge in [-0.1, -0.05) is 6.07 Å². The molecule has 1 atom stereocenters. The van der Waals surface area contributed by atoms with Crippen molar-refractivity contribution < 1.29 is 22.7 Å². The van der Waals surface area contributed by atoms with E-state index < -0.39 is 41.1 Å². The molecule has 1 aliphatic carbocycles. The van der Waals surface area contributed by atoms with Crippen molar-refractivity contribution >= 4 is 17.0 Å². The standard InChI is InChI=1S/C25H23F3N4O3/c1-25(2,3)35-24(34)31-20(13-7-8-13)22-30-18-6-4-5-14(12-29)19(18)23(33)32(22)17-10-15(21(27)28)9-16(26)11-17/h4-6,9-11,13,20-21H,7-8H2,1-3H3,(H,31,34)/t20-/m0/s1. The fourth-order valence-electron chi connectivity index (χ4n) is 3.91. The minimum Gasteiger partial charge on any atom is -0.444 e. The summed E-state index contributed by atoms with van der Waals surface area (Å²) in [6.45, 7) is 5.10. The van der Waals surface area contributed by atoms with Crippen LogP contribution < -0.4 is 10.9 Å². The molecule has 2 aromatic carbocycles. The van der Waals surface area contributed by atoms with Gasteiger partial charge in [-0.3, -0.25) is 9.36 Å². The van der Waals surface area contributed by atoms with E-state index >= 15 is 0 Å². The predicted octanol–water partition coefficient (Wildman–Crippen LogP) is 5.31. The van der Waals surface area contributed by atoms with E-state index in [9.17, 15) is 28.0 Å². The predicted molar refractivity (Wildman–Crippen MR) is 122 cm³/mol. The van der Waals surface area contributed by atoms with Gasteiger partial charge in [-0.15, -0.1) is 0 Å². The molecule has 4 rings (SSSR count). The van der Waals surface area contributed by atoms with Gasteiger partial charge in [0.05, 0.1) is 28.2 Å². The second-order valence-electron chi connectivity index (χ2n) is 9.43. The molecule has 1 saturated carbocycles. The zero-order valence-electron chi connectivity index (χ0n) is 19.3. The zero-order valence-corrected chi connectivity index (χ0v) is 19.3. The Morgan fingerprint density at radius 2 is 1.97 bits per heavy atom. The maximum atomic E-state index is 14.4. The average molecular weight is 484 g/mol. The molecule has 0 bridgehead atoms. The molecule has 1 amide bonds. The van der Waals surface area contributed by atoms with Crippen LogP contribution in [0.1, 0.15) is 63.0 Å². The van der Waals surface area contributed by atoms with Gasteiger partial charge in [-0.2, -0.15) is 5.26 Å². The molecule has 0 saturated heterocycles. The number of amides is 1. The molecule has 1 heterocycles. The second-order valence-corrected chi connectivity index (χ2v) is 9.43. The van der Waals surface area contributed by atoms with Crippen LogP contribution >= 0.6 is 0 Å². The number of hydrogen-bond acceptors (Lipinski definition) is 5. The van der Waals surface area contributed by atoms with E-state index in [0.717, 1.165) is 29.5 Å². The van der Waals surface area contributed by atoms with E-state index in [2.05, 4.69) is 10.3 Å². The third-order valence-electron chi connectivity index (χ3n) is 5.50. The van der Waals surface area contributed by atoms with Gasteiger partial charge in [0, 0.05) is 5.56 Å². The highest BCUT2D eigenvalue weighted by atomic mass is 19.3. The largest absolute Gasteiger partial charge is 0.444 e. The number of carbonyl (C=O) groups is 1. The van der Waals surface area contributed by atoms with Crippen LogP contribution in [0.5, 0.6) is 0 Å². The molecule has 0 aliphatic heterocycles. The maximum absolute atomic E-state index is 14.4. The van der Waals surface area contributed by atoms with Crippen molar-refractivity contribution in [2.24, 2.45) is 5.92 Å². The summed E-state index contributed by atoms with van der Waals surface area (Å²) in [4.78, 5) is 30.9. The monoisotopic (exact) mass is 484 g/mol. The van der Waals surface area contributed by atoms with Gasteiger partial charge in [0.2, 0.25) is 0 Å². The number of ether oxygens (including phenoxy) is 1. The molecule has 1 fully saturated rings. The highest BCUT2D eigenvalue weighted by Crippen LogP contribution is 2.41. The van der Waals surface area contributed by atoms with Crippen molar-refractivity contribution in [2.75, 3.05) is 0 Å². The lowest BCUT2D eigenvalue weighted by molar-refractivity contribution is 0.0493. The molecule has 182 valence electrons. The lowest BCUT2D eigenvalue weighted by atomic mass is 10.1. The van der Waals surface area contributed by atoms with Crippen molar-refractivity contribution in [2.45, 2.75) is 51.7 Å². The van der Waals surface area contributed by atoms with E-state index in [1.54, 1.807) is 32.9 Å². The van der Waals surface area contributed by atoms with Crippen LogP contribution in [0.15, 0.2) is 41.2 Å². The SMILES string of the molecule is CC(C)(C)OC(=O)N[C@H](c1nc2cccc(C#N)c2c(=O)n1-c1cc(F)cc(C(F)F)c1)C1CC1. The number of alkyl carbamates (subject to hydrolysis) is 1. The first-order valence-corrected chi connectivity index (χ1v) is 11.0. The molecule has 1 aromatic heterocycles. The molecule has 3 aromatic rings. The van der Waals surface area contributed by atoms with Crippen LogP contribution in [0.25, 0.3) is 16.6 Å². The molecule has 0 radical (unpaired) electrons. The smallest absolute Gasteiger partial charge is 0.408 e. The van der Waals surface area contributed by atoms with Crippen molar-refractivity contribution in [3.05, 3.63) is 69.5 Å². The lowest BCUT2D eigenvalue weighted by Gasteiger charge is -2.25. The Morgan fingerprint density at radius 1 is 1.26 bits per heavy atom. The number of rotatable bonds is 5. The number of benzene rings is 2. The Morgan fingerprint density at radius 3 is 2.57 bits per heavy atom. The number of fused-ring (bicyclic) bond motifs is 1. The summed E-state index contributed by atoms with van der Waals surface area (Å²) < 4.78 is 47.6. The third-order valence-corrected chi connectivity index (χ3v) is 5.50. The number of nitrogens with zero attached hydrogens (tertiary/aromatic N) is 3. The summed E-state index contributed by atoms with van der Waals surface area (Å²) in [5.41, 5.74) is -2.08. The van der Waals surface area contributed by atoms with Gasteiger partial charge >= 0.3 is 6.09 Å². The van der Waals surface area contributed by atoms with Gasteiger partial charge < -0.3 is 10.1 Å². The number of hydrogen-bond donors (Lipinski definition) is 1. The summed E-state index contributed by atoms with van der Waals surface area (Å²) >= 11 is 0. The number of nitrogens with one attached hydrogen (secondary N) is 1. The first-order chi connectivity index (χ1) is 16.5. The van der Waals surface area contributed by atoms with E-state index in [1.807, 2.05) is 6.07 Å². The van der Waals surface area contributed by atoms with E-state index in [-0.39, 0.29) is 33.9 Å². The molecule has 10 heteroatoms. The fourth-order valence-corrected chi connectivity index (χ4v) is 3.91. The van der Waals surface area contributed by atoms with Gasteiger partial charge in [0.15, 0.2) is 0 Å². The molecule has 35 heavy (non-hydrogen) atoms. The summed E-state index contributed by atoms with van der Waals surface area (Å²) in [7, 11) is 0. The van der Waals surface area contributed by atoms with Gasteiger partial charge in [0.25, 0.3) is 12.0 Å². The number of nitriles is 1. The molecule has 0 unspecified atom stereocenters. The van der Waals surface area contributed by atoms with E-state index in [1.165, 1.54) is 6.07 Å². The summed E-state index contributed by atoms with van der Waals surface area (Å²) in [6, 6.07) is 8.28. The molecule has 0 spiro atoms. The Kier molecular flexibility index (Phi) is 6.28. The topological polar surface area (TPSA) is 97.0 Å². The second kappa shape index (κ2) is 9.06. The first kappa shape index (κ1) is 24.3. The molecule has 1 aliphatic rings. The lowest BCUT2D eigenvalue weighted by Crippen LogP contribution is -2.39. The van der Waals surface area contributed by atoms with E-state index in [4.69, 9.17) is 4.74 Å². The van der Waals surface area contributed by atoms with E-state index in [0.29, 0.717) is 6.07 Å². The van der Waals surface area contributed by atoms with Crippen LogP contribution in [-0.2, 0) is 4.74 Å². The van der Waals surface area contributed by atoms with Crippen molar-refractivity contribution in [3.8, 4) is 11.8 Å². The van der Waals surface area contributed by atoms with Crippen LogP contribution in [0.3, 0.4) is 0 Å². The summed E-state index contributed by atoms with van der Waals surface area (Å²) in [5.74, 6) is -1.02. The quantitative estimate of drug-likeness (QED) is 0.529. The van der Waals surface area contributed by atoms with Gasteiger partial charge in [0.1, 0.15) is 23.3 Å². The highest BCUT2D eigenvalue weighted by Gasteiger charge is 2.38. The van der Waals surface area contributed by atoms with Crippen LogP contribution in [0.4, 0.5) is 18.0 Å². The normalized spacial score (nSPS) is 14.6. The number of aromatic nitrogens is 2. The minimum atomic E-state index is -2.98. The molecule has 7 nitrogen and oxygen atoms in total. The summed E-state index contributed by atoms with van der Waals surface area (Å²) in [6.07, 6.45) is -2.28. The highest BCUT2D eigenvalue weighted by molar-refractivity contribution is 5.84. The van der Waals surface area contributed by atoms with Crippen molar-refractivity contribution in [1.82, 2.24) is 14.9 Å². The molecule has 1 N–H and O–H groups in total. The maximum Gasteiger partial charge on any atom is 0.408 e. The molecular formula is C25H23F3N4O3. The Balaban J connectivity index is 1.99. The average Bonchev–Trinajstić information content (AvgIpc) is 3.60. The summed E-state index contributed by atoms with van der Waals surface area (Å²) in [5, 5.41) is 12.2. The molecular weight excluding hydrogens is 461 g/mol. The van der Waals surface area contributed by atoms with Crippen molar-refractivity contribution in [3.63, 3.8) is 0 Å². The zero-order chi connectivity index (χ0) is 25.5. The van der Waals surface area contributed by atoms with Gasteiger partial charge in [-0.25, -0.2) is 22.9 Å². The Bertz CT molecular complexity index is 1400. The van der Waals surface area contributed by atoms with Crippen LogP contribution in [-0.4, -0.2) is 21.2 Å². The van der Waals surface area contributed by atoms with Gasteiger partial charge in [-0.05, 0) is 69.9 Å². The Labute approximate surface area is 199 Å². The fraction of sp³-hybridized carbons (Fsp3) is 0.360. The third kappa shape index (κ3) is 5.14. The number of carbonyl (C=O) groups excluding carboxylic acids is 1. The Hall–Kier alpha value is -3.87. The van der Waals surface area contributed by atoms with Crippen molar-refractivity contribution in [1.29, 1.82) is 5.26 Å². The first-order valence-electron chi connectivity index (χ1n) is 11.0. The van der Waals surface area contributed by atoms with Crippen LogP contribution in [0.2, 0.25) is 0 Å². The van der Waals surface area contributed by atoms with Crippen LogP contribution in [0, 0.1) is 23.1 Å². The number of halogens is 3. The minimum absolute atomic E-state index is 0.0339. The number of alkyl halides is 2.